The van der Waals surface area contributed by atoms with E-state index in [1.165, 1.54) is 0 Å². The second-order valence-electron chi connectivity index (χ2n) is 5.41. The standard InChI is InChI=1S/C16H16Cl2N4O2/c1-10-6-14(21-16(19-10)22-2-4-24-5-3-22)15(23)20-13-8-11(17)7-12(18)9-13/h6-9H,2-5H2,1H3,(H,20,23). The van der Waals surface area contributed by atoms with E-state index in [-0.39, 0.29) is 5.91 Å². The minimum atomic E-state index is -0.339. The van der Waals surface area contributed by atoms with Crippen molar-refractivity contribution in [1.82, 2.24) is 9.97 Å². The molecule has 0 bridgehead atoms. The number of carbonyl (C=O) groups is 1. The van der Waals surface area contributed by atoms with Crippen molar-refractivity contribution in [1.29, 1.82) is 0 Å². The predicted molar refractivity (Wildman–Crippen MR) is 94.2 cm³/mol. The summed E-state index contributed by atoms with van der Waals surface area (Å²) in [5.74, 6) is 0.195. The Labute approximate surface area is 149 Å². The van der Waals surface area contributed by atoms with Gasteiger partial charge in [0.05, 0.1) is 13.2 Å². The third-order valence-corrected chi connectivity index (χ3v) is 3.93. The number of benzene rings is 1. The minimum absolute atomic E-state index is 0.292. The number of halogens is 2. The second-order valence-corrected chi connectivity index (χ2v) is 6.28. The summed E-state index contributed by atoms with van der Waals surface area (Å²) in [5, 5.41) is 3.66. The maximum Gasteiger partial charge on any atom is 0.274 e. The molecule has 0 saturated carbocycles. The lowest BCUT2D eigenvalue weighted by Gasteiger charge is -2.27. The highest BCUT2D eigenvalue weighted by atomic mass is 35.5. The highest BCUT2D eigenvalue weighted by molar-refractivity contribution is 6.35. The van der Waals surface area contributed by atoms with Crippen LogP contribution in [0.3, 0.4) is 0 Å². The second kappa shape index (κ2) is 7.34. The van der Waals surface area contributed by atoms with Crippen LogP contribution >= 0.6 is 23.2 Å². The molecule has 24 heavy (non-hydrogen) atoms. The van der Waals surface area contributed by atoms with Crippen molar-refractivity contribution in [3.05, 3.63) is 45.7 Å². The maximum atomic E-state index is 12.5. The van der Waals surface area contributed by atoms with Crippen molar-refractivity contribution in [3.63, 3.8) is 0 Å². The number of aromatic nitrogens is 2. The molecule has 6 nitrogen and oxygen atoms in total. The van der Waals surface area contributed by atoms with Gasteiger partial charge in [-0.1, -0.05) is 23.2 Å². The topological polar surface area (TPSA) is 67.4 Å². The van der Waals surface area contributed by atoms with Crippen LogP contribution in [0, 0.1) is 6.92 Å². The van der Waals surface area contributed by atoms with E-state index in [2.05, 4.69) is 15.3 Å². The Balaban J connectivity index is 1.82. The third-order valence-electron chi connectivity index (χ3n) is 3.49. The van der Waals surface area contributed by atoms with E-state index >= 15 is 0 Å². The molecule has 1 aromatic heterocycles. The predicted octanol–water partition coefficient (Wildman–Crippen LogP) is 3.18. The van der Waals surface area contributed by atoms with Gasteiger partial charge in [0.25, 0.3) is 5.91 Å². The van der Waals surface area contributed by atoms with Gasteiger partial charge in [0.1, 0.15) is 5.69 Å². The summed E-state index contributed by atoms with van der Waals surface area (Å²) in [7, 11) is 0. The van der Waals surface area contributed by atoms with Crippen LogP contribution in [-0.2, 0) is 4.74 Å². The molecule has 126 valence electrons. The van der Waals surface area contributed by atoms with E-state index in [4.69, 9.17) is 27.9 Å². The fraction of sp³-hybridized carbons (Fsp3) is 0.312. The number of morpholine rings is 1. The smallest absolute Gasteiger partial charge is 0.274 e. The molecule has 1 aliphatic rings. The fourth-order valence-electron chi connectivity index (χ4n) is 2.40. The Morgan fingerprint density at radius 2 is 1.79 bits per heavy atom. The number of aryl methyl sites for hydroxylation is 1. The lowest BCUT2D eigenvalue weighted by Crippen LogP contribution is -2.37. The van der Waals surface area contributed by atoms with Crippen LogP contribution in [0.5, 0.6) is 0 Å². The lowest BCUT2D eigenvalue weighted by molar-refractivity contribution is 0.102. The number of nitrogens with one attached hydrogen (secondary N) is 1. The molecule has 3 rings (SSSR count). The lowest BCUT2D eigenvalue weighted by atomic mass is 10.2. The maximum absolute atomic E-state index is 12.5. The molecule has 2 heterocycles. The number of rotatable bonds is 3. The Kier molecular flexibility index (Phi) is 5.18. The average molecular weight is 367 g/mol. The van der Waals surface area contributed by atoms with E-state index in [1.54, 1.807) is 24.3 Å². The molecule has 1 amide bonds. The Morgan fingerprint density at radius 3 is 2.46 bits per heavy atom. The molecule has 2 aromatic rings. The summed E-state index contributed by atoms with van der Waals surface area (Å²) in [6.45, 7) is 4.49. The summed E-state index contributed by atoms with van der Waals surface area (Å²) in [5.41, 5.74) is 1.53. The van der Waals surface area contributed by atoms with Crippen molar-refractivity contribution >= 4 is 40.7 Å². The number of carbonyl (C=O) groups excluding carboxylic acids is 1. The summed E-state index contributed by atoms with van der Waals surface area (Å²) in [6.07, 6.45) is 0. The van der Waals surface area contributed by atoms with Crippen LogP contribution in [0.2, 0.25) is 10.0 Å². The molecule has 1 saturated heterocycles. The Hall–Kier alpha value is -1.89. The summed E-state index contributed by atoms with van der Waals surface area (Å²) >= 11 is 11.9. The molecular weight excluding hydrogens is 351 g/mol. The zero-order chi connectivity index (χ0) is 17.1. The highest BCUT2D eigenvalue weighted by Crippen LogP contribution is 2.23. The zero-order valence-electron chi connectivity index (χ0n) is 13.1. The average Bonchev–Trinajstić information content (AvgIpc) is 2.54. The number of anilines is 2. The van der Waals surface area contributed by atoms with Gasteiger partial charge < -0.3 is 15.0 Å². The minimum Gasteiger partial charge on any atom is -0.378 e. The molecule has 0 unspecified atom stereocenters. The quantitative estimate of drug-likeness (QED) is 0.903. The molecule has 1 fully saturated rings. The van der Waals surface area contributed by atoms with Crippen LogP contribution in [0.4, 0.5) is 11.6 Å². The number of hydrogen-bond acceptors (Lipinski definition) is 5. The van der Waals surface area contributed by atoms with Gasteiger partial charge in [-0.3, -0.25) is 4.79 Å². The molecule has 0 aliphatic carbocycles. The van der Waals surface area contributed by atoms with Gasteiger partial charge in [-0.05, 0) is 31.2 Å². The first-order valence-corrected chi connectivity index (χ1v) is 8.23. The first-order valence-electron chi connectivity index (χ1n) is 7.47. The number of hydrogen-bond donors (Lipinski definition) is 1. The van der Waals surface area contributed by atoms with Crippen molar-refractivity contribution < 1.29 is 9.53 Å². The van der Waals surface area contributed by atoms with E-state index in [0.717, 1.165) is 5.69 Å². The Morgan fingerprint density at radius 1 is 1.12 bits per heavy atom. The molecule has 1 aliphatic heterocycles. The van der Waals surface area contributed by atoms with E-state index < -0.39 is 0 Å². The summed E-state index contributed by atoms with van der Waals surface area (Å²) in [6, 6.07) is 6.50. The van der Waals surface area contributed by atoms with Gasteiger partial charge in [0, 0.05) is 34.5 Å². The van der Waals surface area contributed by atoms with E-state index in [0.29, 0.717) is 53.7 Å². The highest BCUT2D eigenvalue weighted by Gasteiger charge is 2.17. The molecule has 1 N–H and O–H groups in total. The van der Waals surface area contributed by atoms with Gasteiger partial charge in [0.2, 0.25) is 5.95 Å². The van der Waals surface area contributed by atoms with Gasteiger partial charge in [-0.15, -0.1) is 0 Å². The number of ether oxygens (including phenoxy) is 1. The summed E-state index contributed by atoms with van der Waals surface area (Å²) in [4.78, 5) is 23.3. The van der Waals surface area contributed by atoms with Crippen LogP contribution in [0.1, 0.15) is 16.2 Å². The molecule has 1 aromatic carbocycles. The SMILES string of the molecule is Cc1cc(C(=O)Nc2cc(Cl)cc(Cl)c2)nc(N2CCOCC2)n1. The van der Waals surface area contributed by atoms with Crippen LogP contribution in [0.25, 0.3) is 0 Å². The number of nitrogens with zero attached hydrogens (tertiary/aromatic N) is 3. The normalized spacial score (nSPS) is 14.5. The van der Waals surface area contributed by atoms with Gasteiger partial charge in [0.15, 0.2) is 0 Å². The Bertz CT molecular complexity index is 743. The van der Waals surface area contributed by atoms with Gasteiger partial charge >= 0.3 is 0 Å². The molecule has 0 atom stereocenters. The molecule has 0 radical (unpaired) electrons. The van der Waals surface area contributed by atoms with Crippen LogP contribution in [0.15, 0.2) is 24.3 Å². The van der Waals surface area contributed by atoms with E-state index in [9.17, 15) is 4.79 Å². The largest absolute Gasteiger partial charge is 0.378 e. The fourth-order valence-corrected chi connectivity index (χ4v) is 2.92. The molecular formula is C16H16Cl2N4O2. The zero-order valence-corrected chi connectivity index (χ0v) is 14.6. The van der Waals surface area contributed by atoms with Crippen molar-refractivity contribution in [3.8, 4) is 0 Å². The van der Waals surface area contributed by atoms with Crippen LogP contribution in [-0.4, -0.2) is 42.2 Å². The van der Waals surface area contributed by atoms with E-state index in [1.807, 2.05) is 11.8 Å². The van der Waals surface area contributed by atoms with Crippen molar-refractivity contribution in [2.75, 3.05) is 36.5 Å². The third kappa shape index (κ3) is 4.14. The van der Waals surface area contributed by atoms with Gasteiger partial charge in [-0.2, -0.15) is 0 Å². The van der Waals surface area contributed by atoms with Crippen molar-refractivity contribution in [2.24, 2.45) is 0 Å². The van der Waals surface area contributed by atoms with Crippen LogP contribution < -0.4 is 10.2 Å². The van der Waals surface area contributed by atoms with Crippen molar-refractivity contribution in [2.45, 2.75) is 6.92 Å². The molecule has 0 spiro atoms. The summed E-state index contributed by atoms with van der Waals surface area (Å²) < 4.78 is 5.33. The monoisotopic (exact) mass is 366 g/mol. The number of amides is 1. The van der Waals surface area contributed by atoms with Gasteiger partial charge in [-0.25, -0.2) is 9.97 Å². The first-order chi connectivity index (χ1) is 11.5. The molecule has 8 heteroatoms. The first kappa shape index (κ1) is 17.0.